The minimum atomic E-state index is -3.52. The second-order valence-electron chi connectivity index (χ2n) is 3.32. The van der Waals surface area contributed by atoms with E-state index in [1.54, 1.807) is 0 Å². The van der Waals surface area contributed by atoms with Gasteiger partial charge in [0.2, 0.25) is 10.0 Å². The molecule has 0 amide bonds. The number of thiophene rings is 1. The molecule has 0 aromatic carbocycles. The average molecular weight is 269 g/mol. The van der Waals surface area contributed by atoms with Gasteiger partial charge in [0.05, 0.1) is 4.90 Å². The zero-order valence-electron chi connectivity index (χ0n) is 8.83. The van der Waals surface area contributed by atoms with Crippen LogP contribution >= 0.6 is 11.3 Å². The van der Waals surface area contributed by atoms with Crippen LogP contribution in [0.5, 0.6) is 0 Å². The first-order valence-corrected chi connectivity index (χ1v) is 7.18. The quantitative estimate of drug-likeness (QED) is 0.873. The van der Waals surface area contributed by atoms with Crippen LogP contribution in [0, 0.1) is 0 Å². The summed E-state index contributed by atoms with van der Waals surface area (Å²) in [6.45, 7) is 0.280. The maximum atomic E-state index is 11.9. The highest BCUT2D eigenvalue weighted by Crippen LogP contribution is 2.13. The lowest BCUT2D eigenvalue weighted by Gasteiger charge is -2.05. The van der Waals surface area contributed by atoms with Crippen LogP contribution < -0.4 is 10.5 Å². The van der Waals surface area contributed by atoms with Gasteiger partial charge in [-0.15, -0.1) is 11.3 Å². The van der Waals surface area contributed by atoms with Gasteiger partial charge >= 0.3 is 0 Å². The van der Waals surface area contributed by atoms with Gasteiger partial charge in [-0.05, 0) is 17.5 Å². The van der Waals surface area contributed by atoms with Crippen LogP contribution in [0.1, 0.15) is 4.88 Å². The topological polar surface area (TPSA) is 85.1 Å². The number of pyridine rings is 1. The molecule has 0 aliphatic heterocycles. The van der Waals surface area contributed by atoms with E-state index in [0.29, 0.717) is 0 Å². The van der Waals surface area contributed by atoms with Crippen LogP contribution in [-0.4, -0.2) is 13.4 Å². The summed E-state index contributed by atoms with van der Waals surface area (Å²) in [6.07, 6.45) is 1.37. The predicted octanol–water partition coefficient (Wildman–Crippen LogP) is 1.20. The van der Waals surface area contributed by atoms with Crippen molar-refractivity contribution in [2.24, 2.45) is 0 Å². The summed E-state index contributed by atoms with van der Waals surface area (Å²) >= 11 is 1.50. The normalized spacial score (nSPS) is 11.5. The van der Waals surface area contributed by atoms with Crippen molar-refractivity contribution in [2.75, 3.05) is 5.73 Å². The highest BCUT2D eigenvalue weighted by molar-refractivity contribution is 7.89. The Kier molecular flexibility index (Phi) is 3.41. The number of nitrogen functional groups attached to an aromatic ring is 1. The molecule has 2 aromatic heterocycles. The van der Waals surface area contributed by atoms with E-state index in [2.05, 4.69) is 9.71 Å². The van der Waals surface area contributed by atoms with Gasteiger partial charge in [-0.1, -0.05) is 6.07 Å². The third kappa shape index (κ3) is 3.02. The minimum absolute atomic E-state index is 0.126. The summed E-state index contributed by atoms with van der Waals surface area (Å²) in [5, 5.41) is 1.90. The number of hydrogen-bond acceptors (Lipinski definition) is 5. The van der Waals surface area contributed by atoms with Crippen LogP contribution in [0.4, 0.5) is 5.82 Å². The number of nitrogens with one attached hydrogen (secondary N) is 1. The Bertz CT molecular complexity index is 594. The molecule has 5 nitrogen and oxygen atoms in total. The van der Waals surface area contributed by atoms with E-state index in [0.717, 1.165) is 4.88 Å². The zero-order chi connectivity index (χ0) is 12.3. The van der Waals surface area contributed by atoms with Crippen molar-refractivity contribution in [2.45, 2.75) is 11.4 Å². The fraction of sp³-hybridized carbons (Fsp3) is 0.100. The van der Waals surface area contributed by atoms with Crippen LogP contribution in [0.2, 0.25) is 0 Å². The Morgan fingerprint density at radius 3 is 2.88 bits per heavy atom. The van der Waals surface area contributed by atoms with Crippen molar-refractivity contribution in [3.8, 4) is 0 Å². The van der Waals surface area contributed by atoms with Gasteiger partial charge in [0.1, 0.15) is 5.82 Å². The molecule has 7 heteroatoms. The number of sulfonamides is 1. The maximum Gasteiger partial charge on any atom is 0.241 e. The molecule has 0 aliphatic carbocycles. The maximum absolute atomic E-state index is 11.9. The smallest absolute Gasteiger partial charge is 0.241 e. The molecule has 2 rings (SSSR count). The summed E-state index contributed by atoms with van der Waals surface area (Å²) in [7, 11) is -3.52. The zero-order valence-corrected chi connectivity index (χ0v) is 10.5. The van der Waals surface area contributed by atoms with Crippen molar-refractivity contribution in [3.05, 3.63) is 40.7 Å². The second kappa shape index (κ2) is 4.82. The van der Waals surface area contributed by atoms with Gasteiger partial charge in [0.25, 0.3) is 0 Å². The first-order valence-electron chi connectivity index (χ1n) is 4.81. The highest BCUT2D eigenvalue weighted by Gasteiger charge is 2.14. The fourth-order valence-corrected chi connectivity index (χ4v) is 3.02. The minimum Gasteiger partial charge on any atom is -0.384 e. The van der Waals surface area contributed by atoms with Crippen LogP contribution in [0.3, 0.4) is 0 Å². The molecule has 0 saturated carbocycles. The Morgan fingerprint density at radius 2 is 2.24 bits per heavy atom. The predicted molar refractivity (Wildman–Crippen MR) is 67.0 cm³/mol. The first-order chi connectivity index (χ1) is 8.08. The number of hydrogen-bond donors (Lipinski definition) is 2. The first kappa shape index (κ1) is 12.0. The highest BCUT2D eigenvalue weighted by atomic mass is 32.2. The number of aromatic nitrogens is 1. The largest absolute Gasteiger partial charge is 0.384 e. The molecule has 3 N–H and O–H groups in total. The van der Waals surface area contributed by atoms with E-state index in [4.69, 9.17) is 5.73 Å². The summed E-state index contributed by atoms with van der Waals surface area (Å²) in [4.78, 5) is 4.83. The van der Waals surface area contributed by atoms with E-state index in [9.17, 15) is 8.42 Å². The van der Waals surface area contributed by atoms with Crippen molar-refractivity contribution in [1.29, 1.82) is 0 Å². The van der Waals surface area contributed by atoms with Gasteiger partial charge in [0, 0.05) is 23.7 Å². The van der Waals surface area contributed by atoms with Crippen molar-refractivity contribution < 1.29 is 8.42 Å². The van der Waals surface area contributed by atoms with Gasteiger partial charge in [-0.2, -0.15) is 0 Å². The molecule has 0 saturated heterocycles. The Hall–Kier alpha value is -1.44. The van der Waals surface area contributed by atoms with Gasteiger partial charge in [-0.25, -0.2) is 18.1 Å². The molecule has 90 valence electrons. The van der Waals surface area contributed by atoms with E-state index in [1.165, 1.54) is 29.7 Å². The molecule has 0 atom stereocenters. The summed E-state index contributed by atoms with van der Waals surface area (Å²) in [5.41, 5.74) is 5.44. The lowest BCUT2D eigenvalue weighted by molar-refractivity contribution is 0.581. The lowest BCUT2D eigenvalue weighted by atomic mass is 10.5. The van der Waals surface area contributed by atoms with Crippen molar-refractivity contribution in [3.63, 3.8) is 0 Å². The van der Waals surface area contributed by atoms with E-state index >= 15 is 0 Å². The van der Waals surface area contributed by atoms with Crippen molar-refractivity contribution >= 4 is 27.2 Å². The standard InChI is InChI=1S/C10H11N3O2S2/c11-10-6-9(3-4-12-10)17(14,15)13-7-8-2-1-5-16-8/h1-6,13H,7H2,(H2,11,12). The molecule has 2 heterocycles. The Balaban J connectivity index is 2.14. The van der Waals surface area contributed by atoms with Gasteiger partial charge in [-0.3, -0.25) is 0 Å². The summed E-state index contributed by atoms with van der Waals surface area (Å²) in [5.74, 6) is 0.184. The van der Waals surface area contributed by atoms with Crippen LogP contribution in [0.25, 0.3) is 0 Å². The van der Waals surface area contributed by atoms with E-state index in [1.807, 2.05) is 17.5 Å². The molecule has 0 radical (unpaired) electrons. The molecule has 0 spiro atoms. The Labute approximate surface area is 103 Å². The summed E-state index contributed by atoms with van der Waals surface area (Å²) in [6, 6.07) is 6.48. The monoisotopic (exact) mass is 269 g/mol. The summed E-state index contributed by atoms with van der Waals surface area (Å²) < 4.78 is 26.3. The molecule has 17 heavy (non-hydrogen) atoms. The van der Waals surface area contributed by atoms with Gasteiger partial charge in [0.15, 0.2) is 0 Å². The molecule has 0 fully saturated rings. The number of nitrogens with two attached hydrogens (primary N) is 1. The number of rotatable bonds is 4. The molecule has 2 aromatic rings. The SMILES string of the molecule is Nc1cc(S(=O)(=O)NCc2cccs2)ccn1. The Morgan fingerprint density at radius 1 is 1.41 bits per heavy atom. The second-order valence-corrected chi connectivity index (χ2v) is 6.12. The third-order valence-electron chi connectivity index (χ3n) is 2.08. The molecule has 0 bridgehead atoms. The van der Waals surface area contributed by atoms with Crippen LogP contribution in [0.15, 0.2) is 40.7 Å². The molecular weight excluding hydrogens is 258 g/mol. The number of anilines is 1. The molecular formula is C10H11N3O2S2. The fourth-order valence-electron chi connectivity index (χ4n) is 1.26. The molecule has 0 aliphatic rings. The third-order valence-corrected chi connectivity index (χ3v) is 4.35. The average Bonchev–Trinajstić information content (AvgIpc) is 2.79. The lowest BCUT2D eigenvalue weighted by Crippen LogP contribution is -2.22. The van der Waals surface area contributed by atoms with Gasteiger partial charge < -0.3 is 5.73 Å². The van der Waals surface area contributed by atoms with E-state index < -0.39 is 10.0 Å². The molecule has 0 unspecified atom stereocenters. The van der Waals surface area contributed by atoms with Crippen molar-refractivity contribution in [1.82, 2.24) is 9.71 Å². The number of nitrogens with zero attached hydrogens (tertiary/aromatic N) is 1. The van der Waals surface area contributed by atoms with E-state index in [-0.39, 0.29) is 17.3 Å². The van der Waals surface area contributed by atoms with Crippen LogP contribution in [-0.2, 0) is 16.6 Å².